The molecule has 2 aliphatic heterocycles. The highest BCUT2D eigenvalue weighted by atomic mass is 79.9. The molecule has 14 heteroatoms. The normalized spacial score (nSPS) is 19.1. The molecule has 3 fully saturated rings. The van der Waals surface area contributed by atoms with Gasteiger partial charge in [-0.2, -0.15) is 5.10 Å². The Hall–Kier alpha value is -3.19. The summed E-state index contributed by atoms with van der Waals surface area (Å²) < 4.78 is 9.67. The van der Waals surface area contributed by atoms with E-state index >= 15 is 0 Å². The molecule has 2 saturated heterocycles. The van der Waals surface area contributed by atoms with Gasteiger partial charge in [-0.3, -0.25) is 14.0 Å². The lowest BCUT2D eigenvalue weighted by molar-refractivity contribution is -0.000367. The van der Waals surface area contributed by atoms with Crippen molar-refractivity contribution < 1.29 is 9.53 Å². The van der Waals surface area contributed by atoms with Gasteiger partial charge in [0.05, 0.1) is 49.0 Å². The van der Waals surface area contributed by atoms with Crippen LogP contribution in [0, 0.1) is 11.3 Å². The van der Waals surface area contributed by atoms with Crippen LogP contribution in [0.2, 0.25) is 10.0 Å². The molecule has 3 aromatic heterocycles. The van der Waals surface area contributed by atoms with E-state index in [0.717, 1.165) is 63.5 Å². The molecule has 51 heavy (non-hydrogen) atoms. The van der Waals surface area contributed by atoms with Crippen LogP contribution in [-0.4, -0.2) is 78.5 Å². The first-order valence-corrected chi connectivity index (χ1v) is 19.5. The van der Waals surface area contributed by atoms with E-state index in [4.69, 9.17) is 27.9 Å². The van der Waals surface area contributed by atoms with Crippen LogP contribution >= 0.6 is 39.1 Å². The number of amides is 1. The molecule has 272 valence electrons. The minimum atomic E-state index is -0.448. The van der Waals surface area contributed by atoms with Gasteiger partial charge in [0.15, 0.2) is 0 Å². The van der Waals surface area contributed by atoms with E-state index in [1.54, 1.807) is 30.6 Å². The molecule has 7 rings (SSSR count). The molecule has 0 radical (unpaired) electrons. The van der Waals surface area contributed by atoms with Crippen LogP contribution in [0.4, 0.5) is 16.4 Å². The summed E-state index contributed by atoms with van der Waals surface area (Å²) >= 11 is 16.3. The van der Waals surface area contributed by atoms with Gasteiger partial charge in [-0.05, 0) is 112 Å². The summed E-state index contributed by atoms with van der Waals surface area (Å²) in [4.78, 5) is 39.5. The van der Waals surface area contributed by atoms with Crippen LogP contribution in [-0.2, 0) is 4.74 Å². The number of piperidine rings is 2. The van der Waals surface area contributed by atoms with Crippen molar-refractivity contribution in [3.8, 4) is 5.69 Å². The Kier molecular flexibility index (Phi) is 10.4. The average molecular weight is 801 g/mol. The number of likely N-dealkylation sites (tertiary alicyclic amines) is 2. The van der Waals surface area contributed by atoms with Crippen LogP contribution in [0.1, 0.15) is 78.2 Å². The number of nitrogens with zero attached hydrogens (tertiary/aromatic N) is 7. The van der Waals surface area contributed by atoms with Gasteiger partial charge in [0.2, 0.25) is 5.95 Å². The minimum Gasteiger partial charge on any atom is -0.444 e. The number of anilines is 2. The van der Waals surface area contributed by atoms with E-state index in [9.17, 15) is 9.59 Å². The summed E-state index contributed by atoms with van der Waals surface area (Å²) in [6.45, 7) is 10.7. The van der Waals surface area contributed by atoms with Crippen molar-refractivity contribution in [2.24, 2.45) is 11.3 Å². The number of hydrogen-bond donors (Lipinski definition) is 1. The molecule has 5 heterocycles. The van der Waals surface area contributed by atoms with Crippen molar-refractivity contribution in [1.29, 1.82) is 0 Å². The monoisotopic (exact) mass is 798 g/mol. The summed E-state index contributed by atoms with van der Waals surface area (Å²) in [5.74, 6) is 1.11. The lowest BCUT2D eigenvalue weighted by Gasteiger charge is -2.46. The van der Waals surface area contributed by atoms with Crippen molar-refractivity contribution in [2.75, 3.05) is 38.0 Å². The van der Waals surface area contributed by atoms with Gasteiger partial charge in [0, 0.05) is 51.3 Å². The van der Waals surface area contributed by atoms with Crippen LogP contribution in [0.3, 0.4) is 0 Å². The first-order chi connectivity index (χ1) is 24.4. The van der Waals surface area contributed by atoms with Crippen LogP contribution in [0.5, 0.6) is 0 Å². The summed E-state index contributed by atoms with van der Waals surface area (Å²) in [5.41, 5.74) is 1.31. The van der Waals surface area contributed by atoms with E-state index in [1.165, 1.54) is 43.0 Å². The third kappa shape index (κ3) is 8.09. The Morgan fingerprint density at radius 1 is 1.00 bits per heavy atom. The first-order valence-electron chi connectivity index (χ1n) is 17.9. The number of rotatable bonds is 6. The van der Waals surface area contributed by atoms with E-state index in [2.05, 4.69) is 45.9 Å². The second-order valence-corrected chi connectivity index (χ2v) is 17.1. The Balaban J connectivity index is 0.896. The van der Waals surface area contributed by atoms with E-state index < -0.39 is 5.60 Å². The highest BCUT2D eigenvalue weighted by molar-refractivity contribution is 9.10. The fraction of sp³-hybridized carbons (Fsp3) is 0.541. The van der Waals surface area contributed by atoms with Gasteiger partial charge >= 0.3 is 6.09 Å². The molecule has 1 aliphatic carbocycles. The molecule has 0 bridgehead atoms. The van der Waals surface area contributed by atoms with Gasteiger partial charge in [-0.1, -0.05) is 29.3 Å². The summed E-state index contributed by atoms with van der Waals surface area (Å²) in [7, 11) is 0. The lowest BCUT2D eigenvalue weighted by atomic mass is 9.65. The number of halogens is 3. The van der Waals surface area contributed by atoms with E-state index in [-0.39, 0.29) is 11.7 Å². The molecule has 3 aliphatic rings. The van der Waals surface area contributed by atoms with Gasteiger partial charge in [-0.15, -0.1) is 0 Å². The smallest absolute Gasteiger partial charge is 0.410 e. The number of benzene rings is 1. The topological polar surface area (TPSA) is 110 Å². The number of para-hydroxylation sites is 1. The number of carbonyl (C=O) groups is 1. The molecule has 1 N–H and O–H groups in total. The van der Waals surface area contributed by atoms with Crippen molar-refractivity contribution in [2.45, 2.75) is 83.8 Å². The summed E-state index contributed by atoms with van der Waals surface area (Å²) in [6.07, 6.45) is 16.2. The Morgan fingerprint density at radius 3 is 2.35 bits per heavy atom. The Bertz CT molecular complexity index is 1930. The highest BCUT2D eigenvalue weighted by Gasteiger charge is 2.40. The number of ether oxygens (including phenoxy) is 1. The maximum Gasteiger partial charge on any atom is 0.410 e. The third-order valence-corrected chi connectivity index (χ3v) is 12.0. The fourth-order valence-electron chi connectivity index (χ4n) is 7.95. The fourth-order valence-corrected chi connectivity index (χ4v) is 9.04. The van der Waals surface area contributed by atoms with Crippen molar-refractivity contribution in [1.82, 2.24) is 34.1 Å². The van der Waals surface area contributed by atoms with E-state index in [0.29, 0.717) is 48.5 Å². The van der Waals surface area contributed by atoms with Gasteiger partial charge in [-0.25, -0.2) is 14.8 Å². The van der Waals surface area contributed by atoms with Crippen LogP contribution in [0.25, 0.3) is 16.6 Å². The highest BCUT2D eigenvalue weighted by Crippen LogP contribution is 2.47. The predicted molar refractivity (Wildman–Crippen MR) is 205 cm³/mol. The van der Waals surface area contributed by atoms with Crippen molar-refractivity contribution in [3.05, 3.63) is 67.9 Å². The van der Waals surface area contributed by atoms with E-state index in [1.807, 2.05) is 31.9 Å². The van der Waals surface area contributed by atoms with Crippen molar-refractivity contribution >= 4 is 67.8 Å². The van der Waals surface area contributed by atoms with Crippen LogP contribution in [0.15, 0.2) is 52.3 Å². The molecule has 4 aromatic rings. The molecular weight excluding hydrogens is 755 g/mol. The number of fused-ring (bicyclic) bond motifs is 1. The number of hydrogen-bond acceptors (Lipinski definition) is 8. The number of nitrogens with one attached hydrogen (secondary N) is 1. The maximum atomic E-state index is 13.4. The zero-order chi connectivity index (χ0) is 35.9. The van der Waals surface area contributed by atoms with Crippen molar-refractivity contribution in [3.63, 3.8) is 0 Å². The quantitative estimate of drug-likeness (QED) is 0.207. The molecule has 11 nitrogen and oxygen atoms in total. The molecule has 1 spiro atoms. The average Bonchev–Trinajstić information content (AvgIpc) is 3.56. The molecule has 1 aromatic carbocycles. The molecule has 0 unspecified atom stereocenters. The maximum absolute atomic E-state index is 13.4. The molecular formula is C37H45BrCl2N8O3. The third-order valence-electron chi connectivity index (χ3n) is 10.8. The second-order valence-electron chi connectivity index (χ2n) is 15.5. The standard InChI is InChI=1S/C37H45BrCl2N8O3/c1-36(2,3)51-35(50)46-17-13-37(14-18-46)11-7-24(8-12-37)21-45-15-9-26(10-16-45)48-22-25(19-42-48)43-34-41-20-27-31(44-34)28(38)23-47(33(27)49)32-29(39)5-4-6-30(32)40/h4-6,19-20,22-24,26H,7-18,21H2,1-3H3,(H,41,43,44). The zero-order valence-electron chi connectivity index (χ0n) is 29.4. The zero-order valence-corrected chi connectivity index (χ0v) is 32.5. The van der Waals surface area contributed by atoms with Gasteiger partial charge in [0.25, 0.3) is 5.56 Å². The second kappa shape index (κ2) is 14.7. The van der Waals surface area contributed by atoms with Gasteiger partial charge < -0.3 is 19.9 Å². The molecule has 1 saturated carbocycles. The molecule has 1 amide bonds. The lowest BCUT2D eigenvalue weighted by Crippen LogP contribution is -2.47. The molecule has 0 atom stereocenters. The largest absolute Gasteiger partial charge is 0.444 e. The Labute approximate surface area is 316 Å². The first kappa shape index (κ1) is 36.2. The van der Waals surface area contributed by atoms with Crippen LogP contribution < -0.4 is 10.9 Å². The van der Waals surface area contributed by atoms with Gasteiger partial charge in [0.1, 0.15) is 5.60 Å². The predicted octanol–water partition coefficient (Wildman–Crippen LogP) is 8.63. The number of aromatic nitrogens is 5. The SMILES string of the molecule is CC(C)(C)OC(=O)N1CCC2(CCC(CN3CCC(n4cc(Nc5ncc6c(=O)n(-c7c(Cl)cccc7Cl)cc(Br)c6n5)cn4)CC3)CC2)CC1. The number of carbonyl (C=O) groups excluding carboxylic acids is 1. The summed E-state index contributed by atoms with van der Waals surface area (Å²) in [5, 5.41) is 9.00. The minimum absolute atomic E-state index is 0.167. The Morgan fingerprint density at radius 2 is 1.69 bits per heavy atom. The summed E-state index contributed by atoms with van der Waals surface area (Å²) in [6, 6.07) is 5.45. The number of pyridine rings is 1.